The largest absolute Gasteiger partial charge is 0.260 e. The number of thioether (sulfide) groups is 1. The lowest BCUT2D eigenvalue weighted by Gasteiger charge is -2.22. The zero-order valence-electron chi connectivity index (χ0n) is 18.2. The predicted molar refractivity (Wildman–Crippen MR) is 127 cm³/mol. The zero-order valence-corrected chi connectivity index (χ0v) is 19.8. The summed E-state index contributed by atoms with van der Waals surface area (Å²) >= 11 is 1.88. The van der Waals surface area contributed by atoms with Crippen molar-refractivity contribution in [3.05, 3.63) is 58.3 Å². The quantitative estimate of drug-likeness (QED) is 0.567. The molecule has 1 aliphatic rings. The van der Waals surface area contributed by atoms with Crippen LogP contribution in [-0.2, 0) is 28.7 Å². The summed E-state index contributed by atoms with van der Waals surface area (Å²) in [5, 5.41) is 6.13. The highest BCUT2D eigenvalue weighted by molar-refractivity contribution is 7.98. The number of aryl methyl sites for hydroxylation is 1. The first-order valence-corrected chi connectivity index (χ1v) is 13.5. The van der Waals surface area contributed by atoms with Crippen molar-refractivity contribution in [2.45, 2.75) is 64.8 Å². The Morgan fingerprint density at radius 1 is 1.27 bits per heavy atom. The fraction of sp³-hybridized carbons (Fsp3) is 0.522. The first-order valence-electron chi connectivity index (χ1n) is 10.8. The van der Waals surface area contributed by atoms with Crippen LogP contribution in [0.15, 0.2) is 35.7 Å². The number of hydrogen-bond donors (Lipinski definition) is 1. The van der Waals surface area contributed by atoms with E-state index in [-0.39, 0.29) is 6.04 Å². The molecule has 1 aliphatic heterocycles. The van der Waals surface area contributed by atoms with Gasteiger partial charge in [-0.2, -0.15) is 16.9 Å². The molecule has 1 N–H and O–H groups in total. The number of sulfonamides is 1. The number of fused-ring (bicyclic) bond motifs is 1. The Hall–Kier alpha value is -1.57. The molecule has 0 spiro atoms. The van der Waals surface area contributed by atoms with Crippen molar-refractivity contribution in [1.82, 2.24) is 14.5 Å². The second-order valence-electron chi connectivity index (χ2n) is 7.97. The van der Waals surface area contributed by atoms with Gasteiger partial charge in [0.05, 0.1) is 17.9 Å². The molecule has 1 aromatic heterocycles. The molecule has 0 fully saturated rings. The smallest absolute Gasteiger partial charge is 0.234 e. The van der Waals surface area contributed by atoms with Crippen molar-refractivity contribution in [2.24, 2.45) is 5.92 Å². The Bertz CT molecular complexity index is 952. The highest BCUT2D eigenvalue weighted by atomic mass is 32.2. The van der Waals surface area contributed by atoms with Gasteiger partial charge in [-0.15, -0.1) is 0 Å². The van der Waals surface area contributed by atoms with E-state index in [1.807, 2.05) is 41.6 Å². The Kier molecular flexibility index (Phi) is 8.20. The number of benzene rings is 1. The average Bonchev–Trinajstić information content (AvgIpc) is 3.07. The van der Waals surface area contributed by atoms with Crippen LogP contribution >= 0.6 is 11.8 Å². The van der Waals surface area contributed by atoms with Gasteiger partial charge in [0.15, 0.2) is 0 Å². The van der Waals surface area contributed by atoms with Crippen molar-refractivity contribution in [1.29, 1.82) is 0 Å². The van der Waals surface area contributed by atoms with Crippen LogP contribution in [0.4, 0.5) is 0 Å². The molecule has 7 heteroatoms. The molecule has 1 unspecified atom stereocenters. The van der Waals surface area contributed by atoms with Gasteiger partial charge < -0.3 is 0 Å². The summed E-state index contributed by atoms with van der Waals surface area (Å²) in [4.78, 5) is 0. The molecule has 3 rings (SSSR count). The molecule has 5 nitrogen and oxygen atoms in total. The van der Waals surface area contributed by atoms with Gasteiger partial charge in [-0.25, -0.2) is 13.1 Å². The van der Waals surface area contributed by atoms with Gasteiger partial charge >= 0.3 is 0 Å². The summed E-state index contributed by atoms with van der Waals surface area (Å²) in [5.41, 5.74) is 4.32. The fourth-order valence-corrected chi connectivity index (χ4v) is 6.15. The van der Waals surface area contributed by atoms with E-state index in [1.165, 1.54) is 11.0 Å². The van der Waals surface area contributed by atoms with Gasteiger partial charge in [0.1, 0.15) is 0 Å². The Morgan fingerprint density at radius 2 is 2.03 bits per heavy atom. The fourth-order valence-electron chi connectivity index (χ4n) is 4.06. The zero-order chi connectivity index (χ0) is 21.6. The Balaban J connectivity index is 1.83. The molecule has 0 saturated heterocycles. The third kappa shape index (κ3) is 5.99. The highest BCUT2D eigenvalue weighted by Crippen LogP contribution is 2.28. The van der Waals surface area contributed by atoms with Crippen LogP contribution < -0.4 is 4.72 Å². The van der Waals surface area contributed by atoms with E-state index in [0.29, 0.717) is 12.5 Å². The van der Waals surface area contributed by atoms with Gasteiger partial charge in [-0.3, -0.25) is 4.68 Å². The number of aromatic nitrogens is 2. The van der Waals surface area contributed by atoms with E-state index in [1.54, 1.807) is 6.08 Å². The van der Waals surface area contributed by atoms with Crippen LogP contribution in [-0.4, -0.2) is 30.0 Å². The molecule has 2 atom stereocenters. The van der Waals surface area contributed by atoms with Gasteiger partial charge in [0.25, 0.3) is 0 Å². The van der Waals surface area contributed by atoms with E-state index in [0.717, 1.165) is 54.1 Å². The molecule has 164 valence electrons. The van der Waals surface area contributed by atoms with Crippen molar-refractivity contribution in [3.8, 4) is 0 Å². The number of nitrogens with zero attached hydrogens (tertiary/aromatic N) is 2. The molecular weight excluding hydrogens is 414 g/mol. The van der Waals surface area contributed by atoms with Crippen LogP contribution in [0.25, 0.3) is 6.08 Å². The standard InChI is InChI=1S/C23H33N3O2S2/c1-4-9-20(5-2)18(3)25-30(27,28)15-13-23-21-17-29-14-12-22(21)24-26(23)16-19-10-7-6-8-11-19/h6-8,10-11,13,15,18,20,25H,4-5,9,12,14,16-17H2,1-3H3/b15-13+/t18-,20?/m1/s1. The van der Waals surface area contributed by atoms with Crippen LogP contribution in [0.3, 0.4) is 0 Å². The summed E-state index contributed by atoms with van der Waals surface area (Å²) in [5.74, 6) is 2.29. The number of hydrogen-bond acceptors (Lipinski definition) is 4. The van der Waals surface area contributed by atoms with E-state index in [9.17, 15) is 8.42 Å². The molecule has 1 aromatic carbocycles. The van der Waals surface area contributed by atoms with E-state index < -0.39 is 10.0 Å². The van der Waals surface area contributed by atoms with Crippen molar-refractivity contribution in [3.63, 3.8) is 0 Å². The first-order chi connectivity index (χ1) is 14.4. The average molecular weight is 448 g/mol. The van der Waals surface area contributed by atoms with E-state index in [2.05, 4.69) is 30.7 Å². The summed E-state index contributed by atoms with van der Waals surface area (Å²) in [7, 11) is -3.52. The van der Waals surface area contributed by atoms with Crippen LogP contribution in [0.2, 0.25) is 0 Å². The number of nitrogens with one attached hydrogen (secondary N) is 1. The minimum absolute atomic E-state index is 0.0803. The maximum Gasteiger partial charge on any atom is 0.234 e. The van der Waals surface area contributed by atoms with Gasteiger partial charge in [-0.1, -0.05) is 57.0 Å². The van der Waals surface area contributed by atoms with Crippen molar-refractivity contribution >= 4 is 27.9 Å². The van der Waals surface area contributed by atoms with Crippen LogP contribution in [0.5, 0.6) is 0 Å². The predicted octanol–water partition coefficient (Wildman–Crippen LogP) is 4.83. The lowest BCUT2D eigenvalue weighted by Crippen LogP contribution is -2.36. The Morgan fingerprint density at radius 3 is 2.73 bits per heavy atom. The van der Waals surface area contributed by atoms with Gasteiger partial charge in [0.2, 0.25) is 10.0 Å². The summed E-state index contributed by atoms with van der Waals surface area (Å²) in [6.45, 7) is 6.86. The first kappa shape index (κ1) is 23.1. The minimum atomic E-state index is -3.52. The van der Waals surface area contributed by atoms with Gasteiger partial charge in [0, 0.05) is 29.2 Å². The molecule has 2 aromatic rings. The monoisotopic (exact) mass is 447 g/mol. The molecule has 2 heterocycles. The maximum absolute atomic E-state index is 12.8. The Labute approximate surface area is 185 Å². The second-order valence-corrected chi connectivity index (χ2v) is 10.7. The van der Waals surface area contributed by atoms with Crippen LogP contribution in [0.1, 0.15) is 62.5 Å². The van der Waals surface area contributed by atoms with Crippen molar-refractivity contribution < 1.29 is 8.42 Å². The SMILES string of the molecule is CCCC(CC)[C@@H](C)NS(=O)(=O)/C=C/c1c2c(nn1Cc1ccccc1)CCSC2. The van der Waals surface area contributed by atoms with Crippen LogP contribution in [0, 0.1) is 5.92 Å². The van der Waals surface area contributed by atoms with Gasteiger partial charge in [-0.05, 0) is 36.7 Å². The summed E-state index contributed by atoms with van der Waals surface area (Å²) in [6.07, 6.45) is 5.72. The molecule has 0 aliphatic carbocycles. The number of rotatable bonds is 10. The van der Waals surface area contributed by atoms with E-state index in [4.69, 9.17) is 5.10 Å². The summed E-state index contributed by atoms with van der Waals surface area (Å²) < 4.78 is 30.3. The summed E-state index contributed by atoms with van der Waals surface area (Å²) in [6, 6.07) is 10.1. The topological polar surface area (TPSA) is 64.0 Å². The lowest BCUT2D eigenvalue weighted by atomic mass is 9.94. The van der Waals surface area contributed by atoms with E-state index >= 15 is 0 Å². The molecule has 0 saturated carbocycles. The molecular formula is C23H33N3O2S2. The molecule has 30 heavy (non-hydrogen) atoms. The molecule has 0 radical (unpaired) electrons. The normalized spacial score (nSPS) is 16.5. The lowest BCUT2D eigenvalue weighted by molar-refractivity contribution is 0.375. The molecule has 0 amide bonds. The third-order valence-electron chi connectivity index (χ3n) is 5.73. The van der Waals surface area contributed by atoms with Crippen molar-refractivity contribution in [2.75, 3.05) is 5.75 Å². The highest BCUT2D eigenvalue weighted by Gasteiger charge is 2.22. The third-order valence-corrected chi connectivity index (χ3v) is 7.91. The maximum atomic E-state index is 12.8. The molecule has 0 bridgehead atoms. The minimum Gasteiger partial charge on any atom is -0.260 e. The second kappa shape index (κ2) is 10.6.